The smallest absolute Gasteiger partial charge is 0.341 e. The lowest BCUT2D eigenvalue weighted by atomic mass is 10.1. The molecule has 1 heterocycles. The maximum absolute atomic E-state index is 13.7. The zero-order valence-electron chi connectivity index (χ0n) is 26.5. The summed E-state index contributed by atoms with van der Waals surface area (Å²) in [7, 11) is -3.95. The fourth-order valence-electron chi connectivity index (χ4n) is 5.18. The monoisotopic (exact) mass is 684 g/mol. The van der Waals surface area contributed by atoms with E-state index in [4.69, 9.17) is 21.1 Å². The van der Waals surface area contributed by atoms with Crippen LogP contribution in [0.25, 0.3) is 0 Å². The lowest BCUT2D eigenvalue weighted by Gasteiger charge is -2.25. The Morgan fingerprint density at radius 2 is 1.52 bits per heavy atom. The van der Waals surface area contributed by atoms with Crippen LogP contribution in [0.15, 0.2) is 131 Å². The van der Waals surface area contributed by atoms with E-state index in [-0.39, 0.29) is 34.3 Å². The zero-order chi connectivity index (χ0) is 33.9. The van der Waals surface area contributed by atoms with E-state index in [0.717, 1.165) is 16.7 Å². The lowest BCUT2D eigenvalue weighted by Crippen LogP contribution is -2.30. The maximum atomic E-state index is 13.7. The lowest BCUT2D eigenvalue weighted by molar-refractivity contribution is 0.0521. The minimum atomic E-state index is -3.95. The van der Waals surface area contributed by atoms with Crippen LogP contribution in [-0.4, -0.2) is 49.1 Å². The van der Waals surface area contributed by atoms with Crippen LogP contribution in [0.2, 0.25) is 5.15 Å². The van der Waals surface area contributed by atoms with E-state index in [9.17, 15) is 18.3 Å². The molecule has 0 radical (unpaired) electrons. The fourth-order valence-corrected chi connectivity index (χ4v) is 6.57. The van der Waals surface area contributed by atoms with Gasteiger partial charge >= 0.3 is 5.97 Å². The molecule has 5 rings (SSSR count). The number of esters is 1. The van der Waals surface area contributed by atoms with Crippen molar-refractivity contribution < 1.29 is 27.8 Å². The highest BCUT2D eigenvalue weighted by Gasteiger charge is 2.23. The molecule has 0 spiro atoms. The van der Waals surface area contributed by atoms with E-state index in [1.807, 2.05) is 60.7 Å². The number of nitrogens with zero attached hydrogens (tertiary/aromatic N) is 2. The van der Waals surface area contributed by atoms with Crippen molar-refractivity contribution in [3.8, 4) is 5.75 Å². The van der Waals surface area contributed by atoms with Gasteiger partial charge in [0.05, 0.1) is 22.5 Å². The Bertz CT molecular complexity index is 1890. The third kappa shape index (κ3) is 9.29. The van der Waals surface area contributed by atoms with Gasteiger partial charge in [0.25, 0.3) is 0 Å². The normalized spacial score (nSPS) is 12.1. The summed E-state index contributed by atoms with van der Waals surface area (Å²) in [5, 5.41) is 11.3. The van der Waals surface area contributed by atoms with Gasteiger partial charge in [0, 0.05) is 31.4 Å². The van der Waals surface area contributed by atoms with Crippen LogP contribution < -0.4 is 4.74 Å². The number of rotatable bonds is 15. The van der Waals surface area contributed by atoms with Gasteiger partial charge in [-0.15, -0.1) is 0 Å². The maximum Gasteiger partial charge on any atom is 0.341 e. The summed E-state index contributed by atoms with van der Waals surface area (Å²) in [5.74, 6) is -0.422. The SMILES string of the molecule is CCOC(=O)c1cc(S(=O)(=O)c2ccc(CCN(Cc3ccccc3)C[C@H](O)c3ccc(Cl)nc3)cc2)ccc1OCc1ccccc1. The molecule has 48 heavy (non-hydrogen) atoms. The number of carbonyl (C=O) groups is 1. The number of hydrogen-bond donors (Lipinski definition) is 1. The van der Waals surface area contributed by atoms with Gasteiger partial charge in [0.15, 0.2) is 0 Å². The summed E-state index contributed by atoms with van der Waals surface area (Å²) in [6, 6.07) is 33.9. The van der Waals surface area contributed by atoms with E-state index in [1.54, 1.807) is 49.5 Å². The number of halogens is 1. The molecule has 0 bridgehead atoms. The molecule has 8 nitrogen and oxygen atoms in total. The Balaban J connectivity index is 1.30. The summed E-state index contributed by atoms with van der Waals surface area (Å²) >= 11 is 5.92. The first-order valence-electron chi connectivity index (χ1n) is 15.6. The highest BCUT2D eigenvalue weighted by molar-refractivity contribution is 7.91. The molecule has 1 N–H and O–H groups in total. The van der Waals surface area contributed by atoms with Crippen LogP contribution in [0.4, 0.5) is 0 Å². The van der Waals surface area contributed by atoms with Gasteiger partial charge in [0.1, 0.15) is 23.1 Å². The highest BCUT2D eigenvalue weighted by Crippen LogP contribution is 2.29. The van der Waals surface area contributed by atoms with Crippen molar-refractivity contribution in [1.29, 1.82) is 0 Å². The van der Waals surface area contributed by atoms with E-state index in [1.165, 1.54) is 18.2 Å². The zero-order valence-corrected chi connectivity index (χ0v) is 28.1. The molecule has 0 saturated carbocycles. The van der Waals surface area contributed by atoms with Gasteiger partial charge in [-0.3, -0.25) is 4.90 Å². The van der Waals surface area contributed by atoms with Gasteiger partial charge in [-0.1, -0.05) is 90.5 Å². The average Bonchev–Trinajstić information content (AvgIpc) is 3.11. The third-order valence-electron chi connectivity index (χ3n) is 7.76. The first-order chi connectivity index (χ1) is 23.2. The predicted octanol–water partition coefficient (Wildman–Crippen LogP) is 7.10. The van der Waals surface area contributed by atoms with Crippen LogP contribution in [0, 0.1) is 0 Å². The van der Waals surface area contributed by atoms with Crippen LogP contribution in [0.3, 0.4) is 0 Å². The average molecular weight is 685 g/mol. The number of ether oxygens (including phenoxy) is 2. The Morgan fingerprint density at radius 3 is 2.17 bits per heavy atom. The van der Waals surface area contributed by atoms with E-state index >= 15 is 0 Å². The summed E-state index contributed by atoms with van der Waals surface area (Å²) in [5.41, 5.74) is 3.67. The summed E-state index contributed by atoms with van der Waals surface area (Å²) < 4.78 is 38.4. The van der Waals surface area contributed by atoms with Crippen LogP contribution in [0.5, 0.6) is 5.75 Å². The van der Waals surface area contributed by atoms with Crippen molar-refractivity contribution in [2.24, 2.45) is 0 Å². The van der Waals surface area contributed by atoms with Crippen molar-refractivity contribution in [2.75, 3.05) is 19.7 Å². The van der Waals surface area contributed by atoms with Gasteiger partial charge in [-0.2, -0.15) is 0 Å². The number of pyridine rings is 1. The van der Waals surface area contributed by atoms with Crippen LogP contribution in [-0.2, 0) is 34.1 Å². The summed E-state index contributed by atoms with van der Waals surface area (Å²) in [6.07, 6.45) is 1.44. The fraction of sp³-hybridized carbons (Fsp3) is 0.211. The molecule has 0 unspecified atom stereocenters. The standard InChI is InChI=1S/C38H37ClN2O6S/c1-2-46-38(43)34-23-33(18-19-36(34)47-27-30-11-7-4-8-12-30)48(44,45)32-16-13-28(14-17-32)21-22-41(25-29-9-5-3-6-10-29)26-35(42)31-15-20-37(39)40-24-31/h3-20,23-24,35,42H,2,21-22,25-27H2,1H3/t35-/m0/s1. The van der Waals surface area contributed by atoms with E-state index in [2.05, 4.69) is 9.88 Å². The molecular weight excluding hydrogens is 648 g/mol. The number of aliphatic hydroxyl groups excluding tert-OH is 1. The molecule has 1 atom stereocenters. The molecule has 5 aromatic rings. The van der Waals surface area contributed by atoms with Crippen molar-refractivity contribution in [1.82, 2.24) is 9.88 Å². The van der Waals surface area contributed by atoms with Gasteiger partial charge in [-0.25, -0.2) is 18.2 Å². The van der Waals surface area contributed by atoms with E-state index in [0.29, 0.717) is 36.8 Å². The molecule has 10 heteroatoms. The highest BCUT2D eigenvalue weighted by atomic mass is 35.5. The third-order valence-corrected chi connectivity index (χ3v) is 9.75. The van der Waals surface area contributed by atoms with Crippen LogP contribution >= 0.6 is 11.6 Å². The van der Waals surface area contributed by atoms with Crippen molar-refractivity contribution in [3.05, 3.63) is 154 Å². The topological polar surface area (TPSA) is 106 Å². The number of benzene rings is 4. The summed E-state index contributed by atoms with van der Waals surface area (Å²) in [4.78, 5) is 19.1. The van der Waals surface area contributed by atoms with Crippen LogP contribution in [0.1, 0.15) is 45.6 Å². The summed E-state index contributed by atoms with van der Waals surface area (Å²) in [6.45, 7) is 3.64. The van der Waals surface area contributed by atoms with Gasteiger partial charge < -0.3 is 14.6 Å². The first kappa shape index (κ1) is 34.8. The molecule has 4 aromatic carbocycles. The van der Waals surface area contributed by atoms with Crippen molar-refractivity contribution >= 4 is 27.4 Å². The molecule has 0 saturated heterocycles. The number of aliphatic hydroxyl groups is 1. The second-order valence-corrected chi connectivity index (χ2v) is 13.5. The molecule has 0 aliphatic rings. The minimum absolute atomic E-state index is 0.0370. The Labute approximate surface area is 286 Å². The van der Waals surface area contributed by atoms with Crippen molar-refractivity contribution in [2.45, 2.75) is 42.4 Å². The van der Waals surface area contributed by atoms with Gasteiger partial charge in [-0.05, 0) is 66.4 Å². The van der Waals surface area contributed by atoms with Gasteiger partial charge in [0.2, 0.25) is 9.84 Å². The molecular formula is C38H37ClN2O6S. The molecule has 0 fully saturated rings. The Kier molecular flexibility index (Phi) is 12.0. The second kappa shape index (κ2) is 16.5. The minimum Gasteiger partial charge on any atom is -0.488 e. The molecule has 0 aliphatic carbocycles. The first-order valence-corrected chi connectivity index (χ1v) is 17.5. The van der Waals surface area contributed by atoms with Crippen molar-refractivity contribution in [3.63, 3.8) is 0 Å². The quantitative estimate of drug-likeness (QED) is 0.0920. The second-order valence-electron chi connectivity index (χ2n) is 11.2. The number of aromatic nitrogens is 1. The number of hydrogen-bond acceptors (Lipinski definition) is 8. The predicted molar refractivity (Wildman–Crippen MR) is 185 cm³/mol. The molecule has 0 aliphatic heterocycles. The Morgan fingerprint density at radius 1 is 0.854 bits per heavy atom. The number of carbonyl (C=O) groups excluding carboxylic acids is 1. The largest absolute Gasteiger partial charge is 0.488 e. The molecule has 0 amide bonds. The van der Waals surface area contributed by atoms with E-state index < -0.39 is 21.9 Å². The molecule has 1 aromatic heterocycles. The number of sulfone groups is 1. The molecule has 248 valence electrons. The Hall–Kier alpha value is -4.54.